The maximum absolute atomic E-state index is 5.72. The normalized spacial score (nSPS) is 11.4. The average molecular weight is 265 g/mol. The van der Waals surface area contributed by atoms with Gasteiger partial charge in [-0.25, -0.2) is 4.98 Å². The van der Waals surface area contributed by atoms with E-state index in [0.29, 0.717) is 12.5 Å². The third-order valence-electron chi connectivity index (χ3n) is 3.72. The molecule has 1 aromatic carbocycles. The van der Waals surface area contributed by atoms with Crippen molar-refractivity contribution >= 4 is 5.52 Å². The molecule has 0 radical (unpaired) electrons. The number of imidazole rings is 1. The van der Waals surface area contributed by atoms with Crippen LogP contribution in [0.25, 0.3) is 16.6 Å². The molecule has 0 fully saturated rings. The molecule has 0 aliphatic rings. The second kappa shape index (κ2) is 5.10. The van der Waals surface area contributed by atoms with E-state index in [-0.39, 0.29) is 0 Å². The number of hydrogen-bond donors (Lipinski definition) is 1. The number of benzene rings is 1. The third-order valence-corrected chi connectivity index (χ3v) is 3.72. The van der Waals surface area contributed by atoms with Crippen molar-refractivity contribution in [2.24, 2.45) is 5.73 Å². The Morgan fingerprint density at radius 3 is 2.55 bits per heavy atom. The van der Waals surface area contributed by atoms with Gasteiger partial charge in [-0.1, -0.05) is 44.2 Å². The van der Waals surface area contributed by atoms with Crippen LogP contribution in [0.1, 0.15) is 31.2 Å². The number of pyridine rings is 1. The van der Waals surface area contributed by atoms with E-state index >= 15 is 0 Å². The Morgan fingerprint density at radius 1 is 1.15 bits per heavy atom. The highest BCUT2D eigenvalue weighted by Crippen LogP contribution is 2.26. The van der Waals surface area contributed by atoms with Crippen molar-refractivity contribution in [3.63, 3.8) is 0 Å². The predicted octanol–water partition coefficient (Wildman–Crippen LogP) is 3.58. The van der Waals surface area contributed by atoms with Crippen LogP contribution in [0.4, 0.5) is 0 Å². The molecule has 102 valence electrons. The van der Waals surface area contributed by atoms with Crippen molar-refractivity contribution in [3.05, 3.63) is 60.2 Å². The molecule has 0 amide bonds. The summed E-state index contributed by atoms with van der Waals surface area (Å²) >= 11 is 0. The third kappa shape index (κ3) is 2.10. The summed E-state index contributed by atoms with van der Waals surface area (Å²) in [5, 5.41) is 0. The number of rotatable bonds is 3. The van der Waals surface area contributed by atoms with Gasteiger partial charge in [-0.05, 0) is 23.1 Å². The Bertz CT molecular complexity index is 724. The van der Waals surface area contributed by atoms with Crippen molar-refractivity contribution in [1.29, 1.82) is 0 Å². The highest BCUT2D eigenvalue weighted by molar-refractivity contribution is 5.80. The van der Waals surface area contributed by atoms with Crippen LogP contribution < -0.4 is 5.73 Å². The van der Waals surface area contributed by atoms with E-state index in [1.165, 1.54) is 16.7 Å². The van der Waals surface area contributed by atoms with Crippen LogP contribution in [0.2, 0.25) is 0 Å². The lowest BCUT2D eigenvalue weighted by Crippen LogP contribution is -2.02. The minimum Gasteiger partial charge on any atom is -0.324 e. The van der Waals surface area contributed by atoms with Gasteiger partial charge in [0.15, 0.2) is 0 Å². The zero-order valence-electron chi connectivity index (χ0n) is 11.9. The van der Waals surface area contributed by atoms with E-state index in [2.05, 4.69) is 53.6 Å². The molecule has 20 heavy (non-hydrogen) atoms. The SMILES string of the molecule is CC(C)c1ccc(-c2cccn3c(CN)ncc23)cc1. The van der Waals surface area contributed by atoms with Crippen molar-refractivity contribution in [2.75, 3.05) is 0 Å². The summed E-state index contributed by atoms with van der Waals surface area (Å²) in [4.78, 5) is 4.38. The topological polar surface area (TPSA) is 43.3 Å². The monoisotopic (exact) mass is 265 g/mol. The number of fused-ring (bicyclic) bond motifs is 1. The molecule has 0 saturated heterocycles. The first-order valence-electron chi connectivity index (χ1n) is 6.96. The minimum absolute atomic E-state index is 0.448. The van der Waals surface area contributed by atoms with Gasteiger partial charge in [-0.15, -0.1) is 0 Å². The van der Waals surface area contributed by atoms with E-state index in [9.17, 15) is 0 Å². The van der Waals surface area contributed by atoms with E-state index in [1.54, 1.807) is 0 Å². The summed E-state index contributed by atoms with van der Waals surface area (Å²) < 4.78 is 2.06. The Labute approximate surface area is 119 Å². The fourth-order valence-electron chi connectivity index (χ4n) is 2.52. The minimum atomic E-state index is 0.448. The maximum atomic E-state index is 5.72. The molecule has 0 aliphatic heterocycles. The van der Waals surface area contributed by atoms with Crippen LogP contribution in [0.3, 0.4) is 0 Å². The molecule has 0 spiro atoms. The molecule has 3 aromatic rings. The molecule has 3 nitrogen and oxygen atoms in total. The standard InChI is InChI=1S/C17H19N3/c1-12(2)13-5-7-14(8-6-13)15-4-3-9-20-16(15)11-19-17(20)10-18/h3-9,11-12H,10,18H2,1-2H3. The van der Waals surface area contributed by atoms with Gasteiger partial charge in [-0.3, -0.25) is 0 Å². The molecular weight excluding hydrogens is 246 g/mol. The van der Waals surface area contributed by atoms with Crippen molar-refractivity contribution in [1.82, 2.24) is 9.38 Å². The fraction of sp³-hybridized carbons (Fsp3) is 0.235. The first kappa shape index (κ1) is 12.9. The smallest absolute Gasteiger partial charge is 0.127 e. The zero-order valence-corrected chi connectivity index (χ0v) is 11.9. The van der Waals surface area contributed by atoms with Crippen LogP contribution in [0, 0.1) is 0 Å². The van der Waals surface area contributed by atoms with Crippen LogP contribution >= 0.6 is 0 Å². The quantitative estimate of drug-likeness (QED) is 0.786. The van der Waals surface area contributed by atoms with Gasteiger partial charge < -0.3 is 10.1 Å². The van der Waals surface area contributed by atoms with Crippen LogP contribution in [0.5, 0.6) is 0 Å². The van der Waals surface area contributed by atoms with Gasteiger partial charge in [0.05, 0.1) is 18.3 Å². The molecule has 0 bridgehead atoms. The summed E-state index contributed by atoms with van der Waals surface area (Å²) in [7, 11) is 0. The second-order valence-corrected chi connectivity index (χ2v) is 5.33. The van der Waals surface area contributed by atoms with E-state index in [1.807, 2.05) is 18.5 Å². The van der Waals surface area contributed by atoms with Crippen molar-refractivity contribution < 1.29 is 0 Å². The molecule has 2 N–H and O–H groups in total. The molecular formula is C17H19N3. The van der Waals surface area contributed by atoms with Gasteiger partial charge in [0.1, 0.15) is 5.82 Å². The van der Waals surface area contributed by atoms with Gasteiger partial charge in [-0.2, -0.15) is 0 Å². The number of nitrogens with zero attached hydrogens (tertiary/aromatic N) is 2. The van der Waals surface area contributed by atoms with Crippen LogP contribution in [-0.4, -0.2) is 9.38 Å². The molecule has 0 unspecified atom stereocenters. The molecule has 0 aliphatic carbocycles. The Balaban J connectivity index is 2.12. The van der Waals surface area contributed by atoms with Crippen LogP contribution in [0.15, 0.2) is 48.8 Å². The first-order chi connectivity index (χ1) is 9.70. The Morgan fingerprint density at radius 2 is 1.90 bits per heavy atom. The van der Waals surface area contributed by atoms with Gasteiger partial charge >= 0.3 is 0 Å². The van der Waals surface area contributed by atoms with E-state index in [4.69, 9.17) is 5.73 Å². The average Bonchev–Trinajstić information content (AvgIpc) is 2.90. The van der Waals surface area contributed by atoms with Gasteiger partial charge in [0, 0.05) is 11.8 Å². The molecule has 2 heterocycles. The first-order valence-corrected chi connectivity index (χ1v) is 6.96. The maximum Gasteiger partial charge on any atom is 0.127 e. The molecule has 3 rings (SSSR count). The number of aromatic nitrogens is 2. The molecule has 2 aromatic heterocycles. The number of hydrogen-bond acceptors (Lipinski definition) is 2. The van der Waals surface area contributed by atoms with E-state index in [0.717, 1.165) is 11.3 Å². The predicted molar refractivity (Wildman–Crippen MR) is 82.6 cm³/mol. The van der Waals surface area contributed by atoms with E-state index < -0.39 is 0 Å². The largest absolute Gasteiger partial charge is 0.324 e. The van der Waals surface area contributed by atoms with Crippen molar-refractivity contribution in [3.8, 4) is 11.1 Å². The lowest BCUT2D eigenvalue weighted by Gasteiger charge is -2.09. The molecule has 3 heteroatoms. The lowest BCUT2D eigenvalue weighted by molar-refractivity contribution is 0.867. The molecule has 0 atom stereocenters. The van der Waals surface area contributed by atoms with Gasteiger partial charge in [0.25, 0.3) is 0 Å². The Kier molecular flexibility index (Phi) is 3.28. The Hall–Kier alpha value is -2.13. The van der Waals surface area contributed by atoms with Gasteiger partial charge in [0.2, 0.25) is 0 Å². The molecule has 0 saturated carbocycles. The zero-order chi connectivity index (χ0) is 14.1. The number of nitrogens with two attached hydrogens (primary N) is 1. The lowest BCUT2D eigenvalue weighted by atomic mass is 9.99. The highest BCUT2D eigenvalue weighted by Gasteiger charge is 2.08. The summed E-state index contributed by atoms with van der Waals surface area (Å²) in [6.07, 6.45) is 3.91. The summed E-state index contributed by atoms with van der Waals surface area (Å²) in [5.41, 5.74) is 10.6. The van der Waals surface area contributed by atoms with Crippen LogP contribution in [-0.2, 0) is 6.54 Å². The summed E-state index contributed by atoms with van der Waals surface area (Å²) in [6, 6.07) is 12.9. The summed E-state index contributed by atoms with van der Waals surface area (Å²) in [5.74, 6) is 1.44. The van der Waals surface area contributed by atoms with Crippen molar-refractivity contribution in [2.45, 2.75) is 26.3 Å². The fourth-order valence-corrected chi connectivity index (χ4v) is 2.52. The summed E-state index contributed by atoms with van der Waals surface area (Å²) in [6.45, 7) is 4.87. The second-order valence-electron chi connectivity index (χ2n) is 5.33. The highest BCUT2D eigenvalue weighted by atomic mass is 15.0.